The molecule has 0 spiro atoms. The van der Waals surface area contributed by atoms with Crippen molar-refractivity contribution in [3.05, 3.63) is 42.2 Å². The lowest BCUT2D eigenvalue weighted by molar-refractivity contribution is 0.00526. The summed E-state index contributed by atoms with van der Waals surface area (Å²) in [4.78, 5) is 19.5. The van der Waals surface area contributed by atoms with Crippen molar-refractivity contribution in [2.24, 2.45) is 0 Å². The highest BCUT2D eigenvalue weighted by molar-refractivity contribution is 5.95. The number of carbonyl (C=O) groups is 1. The van der Waals surface area contributed by atoms with Gasteiger partial charge >= 0.3 is 0 Å². The number of benzene rings is 1. The van der Waals surface area contributed by atoms with E-state index in [0.717, 1.165) is 37.1 Å². The summed E-state index contributed by atoms with van der Waals surface area (Å²) >= 11 is 0. The molecule has 1 fully saturated rings. The van der Waals surface area contributed by atoms with Gasteiger partial charge in [0.1, 0.15) is 5.82 Å². The maximum absolute atomic E-state index is 12.3. The molecule has 22 heavy (non-hydrogen) atoms. The van der Waals surface area contributed by atoms with Crippen LogP contribution in [0.5, 0.6) is 0 Å². The van der Waals surface area contributed by atoms with E-state index in [1.165, 1.54) is 6.42 Å². The molecular formula is C17H21N3O2. The SMILES string of the molecule is O=C(NCC1(O)CCCCC1)c1cccc(-c2ncc[nH]2)c1. The van der Waals surface area contributed by atoms with Crippen LogP contribution in [-0.2, 0) is 0 Å². The minimum Gasteiger partial charge on any atom is -0.388 e. The molecule has 0 saturated heterocycles. The summed E-state index contributed by atoms with van der Waals surface area (Å²) in [6, 6.07) is 7.32. The third-order valence-corrected chi connectivity index (χ3v) is 4.26. The summed E-state index contributed by atoms with van der Waals surface area (Å²) in [5.41, 5.74) is 0.703. The number of aromatic amines is 1. The number of H-pyrrole nitrogens is 1. The Labute approximate surface area is 129 Å². The first-order chi connectivity index (χ1) is 10.7. The standard InChI is InChI=1S/C17H21N3O2/c21-16(20-12-17(22)7-2-1-3-8-17)14-6-4-5-13(11-14)15-18-9-10-19-15/h4-6,9-11,22H,1-3,7-8,12H2,(H,18,19)(H,20,21). The van der Waals surface area contributed by atoms with Crippen molar-refractivity contribution >= 4 is 5.91 Å². The molecule has 0 atom stereocenters. The number of hydrogen-bond donors (Lipinski definition) is 3. The van der Waals surface area contributed by atoms with E-state index < -0.39 is 5.60 Å². The molecule has 0 aliphatic heterocycles. The van der Waals surface area contributed by atoms with Gasteiger partial charge in [0.15, 0.2) is 0 Å². The Morgan fingerprint density at radius 3 is 2.86 bits per heavy atom. The zero-order valence-corrected chi connectivity index (χ0v) is 12.5. The van der Waals surface area contributed by atoms with Gasteiger partial charge in [0, 0.05) is 30.1 Å². The van der Waals surface area contributed by atoms with Crippen molar-refractivity contribution in [2.45, 2.75) is 37.7 Å². The molecule has 0 radical (unpaired) electrons. The molecule has 0 unspecified atom stereocenters. The van der Waals surface area contributed by atoms with E-state index in [1.54, 1.807) is 24.5 Å². The number of nitrogens with zero attached hydrogens (tertiary/aromatic N) is 1. The van der Waals surface area contributed by atoms with E-state index >= 15 is 0 Å². The van der Waals surface area contributed by atoms with E-state index in [9.17, 15) is 9.90 Å². The lowest BCUT2D eigenvalue weighted by Crippen LogP contribution is -2.44. The predicted octanol–water partition coefficient (Wildman–Crippen LogP) is 2.50. The molecular weight excluding hydrogens is 278 g/mol. The molecule has 1 aromatic carbocycles. The van der Waals surface area contributed by atoms with Crippen LogP contribution >= 0.6 is 0 Å². The monoisotopic (exact) mass is 299 g/mol. The summed E-state index contributed by atoms with van der Waals surface area (Å²) in [5, 5.41) is 13.3. The van der Waals surface area contributed by atoms with Crippen LogP contribution in [0.3, 0.4) is 0 Å². The van der Waals surface area contributed by atoms with Crippen molar-refractivity contribution in [3.63, 3.8) is 0 Å². The Morgan fingerprint density at radius 2 is 2.14 bits per heavy atom. The topological polar surface area (TPSA) is 78.0 Å². The molecule has 1 heterocycles. The summed E-state index contributed by atoms with van der Waals surface area (Å²) in [6.45, 7) is 0.316. The summed E-state index contributed by atoms with van der Waals surface area (Å²) in [6.07, 6.45) is 8.18. The molecule has 1 aromatic heterocycles. The van der Waals surface area contributed by atoms with Gasteiger partial charge in [-0.25, -0.2) is 4.98 Å². The van der Waals surface area contributed by atoms with E-state index in [4.69, 9.17) is 0 Å². The number of imidazole rings is 1. The number of aromatic nitrogens is 2. The predicted molar refractivity (Wildman–Crippen MR) is 84.4 cm³/mol. The van der Waals surface area contributed by atoms with Crippen LogP contribution in [0.2, 0.25) is 0 Å². The molecule has 5 nitrogen and oxygen atoms in total. The van der Waals surface area contributed by atoms with Crippen LogP contribution in [0.1, 0.15) is 42.5 Å². The van der Waals surface area contributed by atoms with E-state index in [1.807, 2.05) is 12.1 Å². The molecule has 0 bridgehead atoms. The van der Waals surface area contributed by atoms with Gasteiger partial charge in [-0.15, -0.1) is 0 Å². The third kappa shape index (κ3) is 3.36. The van der Waals surface area contributed by atoms with Crippen LogP contribution < -0.4 is 5.32 Å². The molecule has 3 N–H and O–H groups in total. The summed E-state index contributed by atoms with van der Waals surface area (Å²) in [5.74, 6) is 0.577. The van der Waals surface area contributed by atoms with Crippen molar-refractivity contribution in [1.82, 2.24) is 15.3 Å². The van der Waals surface area contributed by atoms with Crippen LogP contribution in [0.4, 0.5) is 0 Å². The van der Waals surface area contributed by atoms with Crippen molar-refractivity contribution < 1.29 is 9.90 Å². The summed E-state index contributed by atoms with van der Waals surface area (Å²) < 4.78 is 0. The number of hydrogen-bond acceptors (Lipinski definition) is 3. The Bertz CT molecular complexity index is 631. The second-order valence-electron chi connectivity index (χ2n) is 5.99. The van der Waals surface area contributed by atoms with Crippen molar-refractivity contribution in [1.29, 1.82) is 0 Å². The normalized spacial score (nSPS) is 17.1. The molecule has 5 heteroatoms. The molecule has 3 rings (SSSR count). The highest BCUT2D eigenvalue weighted by Gasteiger charge is 2.29. The van der Waals surface area contributed by atoms with Crippen LogP contribution in [0.15, 0.2) is 36.7 Å². The van der Waals surface area contributed by atoms with E-state index in [-0.39, 0.29) is 5.91 Å². The third-order valence-electron chi connectivity index (χ3n) is 4.26. The van der Waals surface area contributed by atoms with Crippen molar-refractivity contribution in [3.8, 4) is 11.4 Å². The Kier molecular flexibility index (Phi) is 4.24. The second-order valence-corrected chi connectivity index (χ2v) is 5.99. The fourth-order valence-corrected chi connectivity index (χ4v) is 2.96. The van der Waals surface area contributed by atoms with Gasteiger partial charge in [-0.05, 0) is 25.0 Å². The Balaban J connectivity index is 1.66. The van der Waals surface area contributed by atoms with E-state index in [2.05, 4.69) is 15.3 Å². The minimum absolute atomic E-state index is 0.160. The smallest absolute Gasteiger partial charge is 0.251 e. The Hall–Kier alpha value is -2.14. The van der Waals surface area contributed by atoms with Gasteiger partial charge in [-0.1, -0.05) is 31.4 Å². The zero-order chi connectivity index (χ0) is 15.4. The fraction of sp³-hybridized carbons (Fsp3) is 0.412. The fourth-order valence-electron chi connectivity index (χ4n) is 2.96. The highest BCUT2D eigenvalue weighted by atomic mass is 16.3. The van der Waals surface area contributed by atoms with Gasteiger partial charge in [-0.3, -0.25) is 4.79 Å². The maximum Gasteiger partial charge on any atom is 0.251 e. The second kappa shape index (κ2) is 6.32. The summed E-state index contributed by atoms with van der Waals surface area (Å²) in [7, 11) is 0. The number of rotatable bonds is 4. The molecule has 1 aliphatic rings. The van der Waals surface area contributed by atoms with Gasteiger partial charge in [0.25, 0.3) is 5.91 Å². The molecule has 1 aliphatic carbocycles. The van der Waals surface area contributed by atoms with Gasteiger partial charge in [0.05, 0.1) is 5.60 Å². The van der Waals surface area contributed by atoms with Crippen molar-refractivity contribution in [2.75, 3.05) is 6.54 Å². The van der Waals surface area contributed by atoms with Crippen LogP contribution in [-0.4, -0.2) is 33.1 Å². The number of nitrogens with one attached hydrogen (secondary N) is 2. The van der Waals surface area contributed by atoms with Crippen LogP contribution in [0.25, 0.3) is 11.4 Å². The molecule has 2 aromatic rings. The lowest BCUT2D eigenvalue weighted by atomic mass is 9.85. The average molecular weight is 299 g/mol. The van der Waals surface area contributed by atoms with Crippen LogP contribution in [0, 0.1) is 0 Å². The molecule has 1 amide bonds. The lowest BCUT2D eigenvalue weighted by Gasteiger charge is -2.32. The first-order valence-corrected chi connectivity index (χ1v) is 7.77. The minimum atomic E-state index is -0.744. The first-order valence-electron chi connectivity index (χ1n) is 7.77. The van der Waals surface area contributed by atoms with Gasteiger partial charge in [-0.2, -0.15) is 0 Å². The number of carbonyl (C=O) groups excluding carboxylic acids is 1. The first kappa shape index (κ1) is 14.8. The number of amides is 1. The average Bonchev–Trinajstić information content (AvgIpc) is 3.08. The van der Waals surface area contributed by atoms with Gasteiger partial charge in [0.2, 0.25) is 0 Å². The largest absolute Gasteiger partial charge is 0.388 e. The maximum atomic E-state index is 12.3. The number of aliphatic hydroxyl groups is 1. The Morgan fingerprint density at radius 1 is 1.32 bits per heavy atom. The van der Waals surface area contributed by atoms with E-state index in [0.29, 0.717) is 12.1 Å². The highest BCUT2D eigenvalue weighted by Crippen LogP contribution is 2.27. The zero-order valence-electron chi connectivity index (χ0n) is 12.5. The quantitative estimate of drug-likeness (QED) is 0.811. The molecule has 1 saturated carbocycles. The van der Waals surface area contributed by atoms with Gasteiger partial charge < -0.3 is 15.4 Å². The molecule has 116 valence electrons.